The fraction of sp³-hybridized carbons (Fsp3) is 0.800. The van der Waals surface area contributed by atoms with Crippen molar-refractivity contribution in [2.24, 2.45) is 0 Å². The number of likely N-dealkylation sites (N-methyl/N-ethyl adjacent to an activating group) is 1. The average molecular weight is 310 g/mol. The second kappa shape index (κ2) is 6.60. The van der Waals surface area contributed by atoms with E-state index in [9.17, 15) is 0 Å². The average Bonchev–Trinajstić information content (AvgIpc) is 3.08. The molecule has 2 aliphatic heterocycles. The van der Waals surface area contributed by atoms with Crippen molar-refractivity contribution < 1.29 is 4.74 Å². The van der Waals surface area contributed by atoms with E-state index in [1.807, 2.05) is 17.5 Å². The SMILES string of the molecule is CCN(CC)c1ncc(CN2C[C@@H]3OCCN(C)[C@@H]3C2)s1. The smallest absolute Gasteiger partial charge is 0.185 e. The Hall–Kier alpha value is -0.690. The molecule has 3 heterocycles. The van der Waals surface area contributed by atoms with E-state index < -0.39 is 0 Å². The predicted molar refractivity (Wildman–Crippen MR) is 87.1 cm³/mol. The van der Waals surface area contributed by atoms with E-state index in [-0.39, 0.29) is 0 Å². The predicted octanol–water partition coefficient (Wildman–Crippen LogP) is 1.50. The van der Waals surface area contributed by atoms with Gasteiger partial charge in [-0.2, -0.15) is 0 Å². The summed E-state index contributed by atoms with van der Waals surface area (Å²) in [5, 5.41) is 1.15. The van der Waals surface area contributed by atoms with Crippen molar-refractivity contribution in [3.05, 3.63) is 11.1 Å². The lowest BCUT2D eigenvalue weighted by atomic mass is 10.1. The van der Waals surface area contributed by atoms with Crippen LogP contribution in [0.15, 0.2) is 6.20 Å². The van der Waals surface area contributed by atoms with Gasteiger partial charge in [0.05, 0.1) is 12.7 Å². The van der Waals surface area contributed by atoms with Gasteiger partial charge >= 0.3 is 0 Å². The number of hydrogen-bond donors (Lipinski definition) is 0. The summed E-state index contributed by atoms with van der Waals surface area (Å²) in [6, 6.07) is 0.564. The molecule has 118 valence electrons. The zero-order valence-corrected chi connectivity index (χ0v) is 14.1. The van der Waals surface area contributed by atoms with E-state index in [0.717, 1.165) is 51.0 Å². The Morgan fingerprint density at radius 1 is 1.38 bits per heavy atom. The molecular weight excluding hydrogens is 284 g/mol. The molecule has 0 unspecified atom stereocenters. The minimum Gasteiger partial charge on any atom is -0.374 e. The monoisotopic (exact) mass is 310 g/mol. The molecule has 0 spiro atoms. The molecule has 2 aliphatic rings. The van der Waals surface area contributed by atoms with Gasteiger partial charge in [0.2, 0.25) is 0 Å². The van der Waals surface area contributed by atoms with Gasteiger partial charge in [-0.15, -0.1) is 11.3 Å². The fourth-order valence-corrected chi connectivity index (χ4v) is 4.37. The Kier molecular flexibility index (Phi) is 4.78. The third-order valence-corrected chi connectivity index (χ3v) is 5.65. The summed E-state index contributed by atoms with van der Waals surface area (Å²) in [6.45, 7) is 11.5. The Morgan fingerprint density at radius 3 is 2.90 bits per heavy atom. The van der Waals surface area contributed by atoms with Gasteiger partial charge in [0, 0.05) is 56.4 Å². The topological polar surface area (TPSA) is 31.8 Å². The highest BCUT2D eigenvalue weighted by Gasteiger charge is 2.38. The maximum atomic E-state index is 5.91. The van der Waals surface area contributed by atoms with Gasteiger partial charge in [0.1, 0.15) is 0 Å². The first-order chi connectivity index (χ1) is 10.2. The van der Waals surface area contributed by atoms with Crippen LogP contribution >= 0.6 is 11.3 Å². The maximum Gasteiger partial charge on any atom is 0.185 e. The Bertz CT molecular complexity index is 462. The number of likely N-dealkylation sites (tertiary alicyclic amines) is 1. The van der Waals surface area contributed by atoms with Crippen molar-refractivity contribution in [1.82, 2.24) is 14.8 Å². The second-order valence-electron chi connectivity index (χ2n) is 5.93. The quantitative estimate of drug-likeness (QED) is 0.823. The standard InChI is InChI=1S/C15H26N4OS/c1-4-19(5-2)15-16-8-12(21-15)9-18-10-13-14(11-18)20-7-6-17(13)3/h8,13-14H,4-7,9-11H2,1-3H3/t13-,14+/m1/s1. The molecule has 0 radical (unpaired) electrons. The second-order valence-corrected chi connectivity index (χ2v) is 7.03. The molecule has 0 amide bonds. The van der Waals surface area contributed by atoms with Crippen molar-refractivity contribution in [2.75, 3.05) is 51.3 Å². The zero-order valence-electron chi connectivity index (χ0n) is 13.3. The van der Waals surface area contributed by atoms with Gasteiger partial charge in [-0.05, 0) is 20.9 Å². The first kappa shape index (κ1) is 15.2. The normalized spacial score (nSPS) is 27.0. The highest BCUT2D eigenvalue weighted by molar-refractivity contribution is 7.15. The lowest BCUT2D eigenvalue weighted by molar-refractivity contribution is -0.0370. The molecule has 21 heavy (non-hydrogen) atoms. The van der Waals surface area contributed by atoms with Crippen LogP contribution in [0.1, 0.15) is 18.7 Å². The van der Waals surface area contributed by atoms with Crippen molar-refractivity contribution in [3.63, 3.8) is 0 Å². The number of nitrogens with zero attached hydrogens (tertiary/aromatic N) is 4. The van der Waals surface area contributed by atoms with Crippen molar-refractivity contribution in [2.45, 2.75) is 32.5 Å². The number of morpholine rings is 1. The molecule has 2 fully saturated rings. The molecule has 0 aliphatic carbocycles. The largest absolute Gasteiger partial charge is 0.374 e. The molecule has 1 aromatic rings. The van der Waals surface area contributed by atoms with Crippen molar-refractivity contribution >= 4 is 16.5 Å². The summed E-state index contributed by atoms with van der Waals surface area (Å²) in [7, 11) is 2.22. The van der Waals surface area contributed by atoms with Crippen LogP contribution in [0, 0.1) is 0 Å². The molecule has 1 aromatic heterocycles. The Labute approximate surface area is 131 Å². The molecule has 0 N–H and O–H groups in total. The van der Waals surface area contributed by atoms with E-state index in [0.29, 0.717) is 12.1 Å². The zero-order chi connectivity index (χ0) is 14.8. The van der Waals surface area contributed by atoms with Gasteiger partial charge in [0.25, 0.3) is 0 Å². The number of rotatable bonds is 5. The molecular formula is C15H26N4OS. The highest BCUT2D eigenvalue weighted by atomic mass is 32.1. The Morgan fingerprint density at radius 2 is 2.19 bits per heavy atom. The molecule has 2 atom stereocenters. The fourth-order valence-electron chi connectivity index (χ4n) is 3.29. The summed E-state index contributed by atoms with van der Waals surface area (Å²) in [6.07, 6.45) is 2.43. The summed E-state index contributed by atoms with van der Waals surface area (Å²) in [4.78, 5) is 13.2. The van der Waals surface area contributed by atoms with Gasteiger partial charge in [-0.3, -0.25) is 9.80 Å². The van der Waals surface area contributed by atoms with Crippen LogP contribution in [-0.4, -0.2) is 73.3 Å². The van der Waals surface area contributed by atoms with E-state index in [1.54, 1.807) is 0 Å². The Balaban J connectivity index is 1.60. The molecule has 0 aromatic carbocycles. The minimum absolute atomic E-state index is 0.388. The summed E-state index contributed by atoms with van der Waals surface area (Å²) < 4.78 is 5.91. The summed E-state index contributed by atoms with van der Waals surface area (Å²) in [5.41, 5.74) is 0. The third-order valence-electron chi connectivity index (χ3n) is 4.61. The van der Waals surface area contributed by atoms with Crippen LogP contribution < -0.4 is 4.90 Å². The molecule has 3 rings (SSSR count). The van der Waals surface area contributed by atoms with Gasteiger partial charge < -0.3 is 9.64 Å². The number of fused-ring (bicyclic) bond motifs is 1. The highest BCUT2D eigenvalue weighted by Crippen LogP contribution is 2.27. The minimum atomic E-state index is 0.388. The number of anilines is 1. The molecule has 5 nitrogen and oxygen atoms in total. The maximum absolute atomic E-state index is 5.91. The van der Waals surface area contributed by atoms with Gasteiger partial charge in [-0.25, -0.2) is 4.98 Å². The van der Waals surface area contributed by atoms with Crippen LogP contribution in [0.25, 0.3) is 0 Å². The number of hydrogen-bond acceptors (Lipinski definition) is 6. The van der Waals surface area contributed by atoms with Crippen LogP contribution in [0.5, 0.6) is 0 Å². The van der Waals surface area contributed by atoms with Crippen LogP contribution in [-0.2, 0) is 11.3 Å². The first-order valence-electron chi connectivity index (χ1n) is 7.95. The van der Waals surface area contributed by atoms with E-state index in [4.69, 9.17) is 4.74 Å². The van der Waals surface area contributed by atoms with Gasteiger partial charge in [-0.1, -0.05) is 0 Å². The molecule has 0 saturated carbocycles. The number of thiazole rings is 1. The lowest BCUT2D eigenvalue weighted by Crippen LogP contribution is -2.48. The van der Waals surface area contributed by atoms with E-state index >= 15 is 0 Å². The van der Waals surface area contributed by atoms with E-state index in [1.165, 1.54) is 4.88 Å². The third kappa shape index (κ3) is 3.23. The lowest BCUT2D eigenvalue weighted by Gasteiger charge is -2.33. The number of aromatic nitrogens is 1. The van der Waals surface area contributed by atoms with Crippen LogP contribution in [0.2, 0.25) is 0 Å². The van der Waals surface area contributed by atoms with E-state index in [2.05, 4.69) is 40.6 Å². The van der Waals surface area contributed by atoms with Crippen molar-refractivity contribution in [1.29, 1.82) is 0 Å². The summed E-state index contributed by atoms with van der Waals surface area (Å²) in [5.74, 6) is 0. The van der Waals surface area contributed by atoms with Crippen LogP contribution in [0.4, 0.5) is 5.13 Å². The molecule has 0 bridgehead atoms. The van der Waals surface area contributed by atoms with Crippen molar-refractivity contribution in [3.8, 4) is 0 Å². The molecule has 6 heteroatoms. The summed E-state index contributed by atoms with van der Waals surface area (Å²) >= 11 is 1.83. The first-order valence-corrected chi connectivity index (χ1v) is 8.76. The molecule has 2 saturated heterocycles. The number of ether oxygens (including phenoxy) is 1. The van der Waals surface area contributed by atoms with Gasteiger partial charge in [0.15, 0.2) is 5.13 Å². The van der Waals surface area contributed by atoms with Crippen LogP contribution in [0.3, 0.4) is 0 Å².